The summed E-state index contributed by atoms with van der Waals surface area (Å²) in [4.78, 5) is 36.1. The summed E-state index contributed by atoms with van der Waals surface area (Å²) in [5.41, 5.74) is 2.85. The van der Waals surface area contributed by atoms with Crippen LogP contribution >= 0.6 is 0 Å². The normalized spacial score (nSPS) is 14.9. The Morgan fingerprint density at radius 2 is 1.68 bits per heavy atom. The van der Waals surface area contributed by atoms with Crippen molar-refractivity contribution in [3.63, 3.8) is 0 Å². The zero-order valence-electron chi connectivity index (χ0n) is 15.0. The van der Waals surface area contributed by atoms with E-state index < -0.39 is 5.97 Å². The van der Waals surface area contributed by atoms with Crippen LogP contribution in [0.25, 0.3) is 0 Å². The lowest BCUT2D eigenvalue weighted by atomic mass is 9.83. The first-order valence-electron chi connectivity index (χ1n) is 8.19. The Morgan fingerprint density at radius 1 is 1.00 bits per heavy atom. The number of allylic oxidation sites excluding steroid dienone is 4. The molecule has 1 aromatic rings. The molecular weight excluding hydrogens is 320 g/mol. The van der Waals surface area contributed by atoms with E-state index in [-0.39, 0.29) is 18.2 Å². The van der Waals surface area contributed by atoms with Crippen molar-refractivity contribution in [2.45, 2.75) is 34.1 Å². The standard InChI is InChI=1S/C20H22O5/c1-5-24-18(21)11-25-16-8-6-7-15(9-16)10-17-14(4)19(22)12(2)13(3)20(17)23/h6-9H,5,10-11H2,1-4H3. The summed E-state index contributed by atoms with van der Waals surface area (Å²) in [6, 6.07) is 7.13. The van der Waals surface area contributed by atoms with Crippen LogP contribution < -0.4 is 4.74 Å². The Labute approximate surface area is 147 Å². The van der Waals surface area contributed by atoms with Gasteiger partial charge in [0, 0.05) is 28.7 Å². The molecule has 5 nitrogen and oxygen atoms in total. The zero-order chi connectivity index (χ0) is 18.6. The van der Waals surface area contributed by atoms with Gasteiger partial charge in [-0.25, -0.2) is 4.79 Å². The van der Waals surface area contributed by atoms with Crippen LogP contribution in [0.15, 0.2) is 46.6 Å². The first-order valence-corrected chi connectivity index (χ1v) is 8.19. The second-order valence-electron chi connectivity index (χ2n) is 5.93. The molecule has 0 saturated carbocycles. The Kier molecular flexibility index (Phi) is 5.91. The lowest BCUT2D eigenvalue weighted by Crippen LogP contribution is -2.21. The van der Waals surface area contributed by atoms with E-state index in [1.54, 1.807) is 45.9 Å². The van der Waals surface area contributed by atoms with Crippen LogP contribution in [0.4, 0.5) is 0 Å². The number of carbonyl (C=O) groups excluding carboxylic acids is 3. The lowest BCUT2D eigenvalue weighted by Gasteiger charge is -2.18. The summed E-state index contributed by atoms with van der Waals surface area (Å²) < 4.78 is 10.2. The minimum atomic E-state index is -0.434. The maximum absolute atomic E-state index is 12.5. The maximum atomic E-state index is 12.5. The van der Waals surface area contributed by atoms with Gasteiger partial charge in [-0.05, 0) is 45.4 Å². The average Bonchev–Trinajstić information content (AvgIpc) is 2.61. The van der Waals surface area contributed by atoms with Gasteiger partial charge in [0.25, 0.3) is 0 Å². The number of carbonyl (C=O) groups is 3. The number of hydrogen-bond donors (Lipinski definition) is 0. The quantitative estimate of drug-likeness (QED) is 0.587. The van der Waals surface area contributed by atoms with Crippen LogP contribution in [0.2, 0.25) is 0 Å². The van der Waals surface area contributed by atoms with Crippen molar-refractivity contribution >= 4 is 17.5 Å². The summed E-state index contributed by atoms with van der Waals surface area (Å²) in [5.74, 6) is -0.0909. The minimum Gasteiger partial charge on any atom is -0.482 e. The first kappa shape index (κ1) is 18.6. The van der Waals surface area contributed by atoms with Crippen molar-refractivity contribution in [2.24, 2.45) is 0 Å². The number of hydrogen-bond acceptors (Lipinski definition) is 5. The van der Waals surface area contributed by atoms with E-state index >= 15 is 0 Å². The Bertz CT molecular complexity index is 783. The Balaban J connectivity index is 2.16. The van der Waals surface area contributed by atoms with E-state index in [1.807, 2.05) is 6.07 Å². The van der Waals surface area contributed by atoms with Crippen molar-refractivity contribution in [3.05, 3.63) is 52.1 Å². The molecule has 0 radical (unpaired) electrons. The highest BCUT2D eigenvalue weighted by molar-refractivity contribution is 6.24. The Hall–Kier alpha value is -2.69. The molecule has 0 unspecified atom stereocenters. The molecule has 0 aliphatic heterocycles. The Morgan fingerprint density at radius 3 is 2.36 bits per heavy atom. The summed E-state index contributed by atoms with van der Waals surface area (Å²) in [7, 11) is 0. The second kappa shape index (κ2) is 7.92. The fourth-order valence-electron chi connectivity index (χ4n) is 2.66. The molecule has 0 N–H and O–H groups in total. The van der Waals surface area contributed by atoms with Crippen LogP contribution in [0, 0.1) is 0 Å². The molecule has 0 fully saturated rings. The van der Waals surface area contributed by atoms with Crippen LogP contribution in [0.3, 0.4) is 0 Å². The molecule has 0 bridgehead atoms. The second-order valence-corrected chi connectivity index (χ2v) is 5.93. The van der Waals surface area contributed by atoms with Crippen molar-refractivity contribution in [3.8, 4) is 5.75 Å². The summed E-state index contributed by atoms with van der Waals surface area (Å²) in [5, 5.41) is 0. The molecule has 5 heteroatoms. The predicted molar refractivity (Wildman–Crippen MR) is 93.4 cm³/mol. The molecule has 0 saturated heterocycles. The summed E-state index contributed by atoms with van der Waals surface area (Å²) in [6.45, 7) is 6.91. The summed E-state index contributed by atoms with van der Waals surface area (Å²) >= 11 is 0. The number of benzene rings is 1. The molecule has 132 valence electrons. The molecule has 1 aliphatic carbocycles. The molecule has 1 aromatic carbocycles. The van der Waals surface area contributed by atoms with Crippen LogP contribution in [0.5, 0.6) is 5.75 Å². The molecular formula is C20H22O5. The average molecular weight is 342 g/mol. The summed E-state index contributed by atoms with van der Waals surface area (Å²) in [6.07, 6.45) is 0.345. The zero-order valence-corrected chi connectivity index (χ0v) is 15.0. The maximum Gasteiger partial charge on any atom is 0.344 e. The monoisotopic (exact) mass is 342 g/mol. The van der Waals surface area contributed by atoms with Gasteiger partial charge in [0.2, 0.25) is 0 Å². The number of esters is 1. The molecule has 2 rings (SSSR count). The van der Waals surface area contributed by atoms with Gasteiger partial charge in [-0.2, -0.15) is 0 Å². The van der Waals surface area contributed by atoms with Gasteiger partial charge < -0.3 is 9.47 Å². The third-order valence-electron chi connectivity index (χ3n) is 4.25. The van der Waals surface area contributed by atoms with E-state index in [2.05, 4.69) is 0 Å². The van der Waals surface area contributed by atoms with Crippen molar-refractivity contribution < 1.29 is 23.9 Å². The molecule has 0 atom stereocenters. The van der Waals surface area contributed by atoms with Crippen molar-refractivity contribution in [1.82, 2.24) is 0 Å². The van der Waals surface area contributed by atoms with Gasteiger partial charge in [0.1, 0.15) is 5.75 Å². The molecule has 0 amide bonds. The first-order chi connectivity index (χ1) is 11.8. The highest BCUT2D eigenvalue weighted by Crippen LogP contribution is 2.27. The van der Waals surface area contributed by atoms with Gasteiger partial charge >= 0.3 is 5.97 Å². The SMILES string of the molecule is CCOC(=O)COc1cccc(CC2=C(C)C(=O)C(C)=C(C)C2=O)c1. The third-order valence-corrected chi connectivity index (χ3v) is 4.25. The van der Waals surface area contributed by atoms with E-state index in [0.717, 1.165) is 5.56 Å². The molecule has 0 spiro atoms. The lowest BCUT2D eigenvalue weighted by molar-refractivity contribution is -0.145. The van der Waals surface area contributed by atoms with Crippen LogP contribution in [-0.4, -0.2) is 30.7 Å². The van der Waals surface area contributed by atoms with E-state index in [1.165, 1.54) is 0 Å². The van der Waals surface area contributed by atoms with Crippen LogP contribution in [-0.2, 0) is 25.5 Å². The van der Waals surface area contributed by atoms with Crippen molar-refractivity contribution in [2.75, 3.05) is 13.2 Å². The van der Waals surface area contributed by atoms with Crippen molar-refractivity contribution in [1.29, 1.82) is 0 Å². The van der Waals surface area contributed by atoms with Gasteiger partial charge in [-0.1, -0.05) is 12.1 Å². The number of ether oxygens (including phenoxy) is 2. The molecule has 0 heterocycles. The molecule has 0 aromatic heterocycles. The molecule has 1 aliphatic rings. The predicted octanol–water partition coefficient (Wildman–Crippen LogP) is 2.98. The van der Waals surface area contributed by atoms with E-state index in [4.69, 9.17) is 9.47 Å². The highest BCUT2D eigenvalue weighted by atomic mass is 16.6. The van der Waals surface area contributed by atoms with Gasteiger partial charge in [-0.15, -0.1) is 0 Å². The van der Waals surface area contributed by atoms with Gasteiger partial charge in [0.15, 0.2) is 18.2 Å². The fraction of sp³-hybridized carbons (Fsp3) is 0.350. The number of rotatable bonds is 6. The largest absolute Gasteiger partial charge is 0.482 e. The van der Waals surface area contributed by atoms with E-state index in [0.29, 0.717) is 41.1 Å². The fourth-order valence-corrected chi connectivity index (χ4v) is 2.66. The highest BCUT2D eigenvalue weighted by Gasteiger charge is 2.27. The smallest absolute Gasteiger partial charge is 0.344 e. The number of ketones is 2. The minimum absolute atomic E-state index is 0.0817. The van der Waals surface area contributed by atoms with Gasteiger partial charge in [0.05, 0.1) is 6.61 Å². The number of Topliss-reactive ketones (excluding diaryl/α,β-unsaturated/α-hetero) is 2. The third kappa shape index (κ3) is 4.24. The topological polar surface area (TPSA) is 69.7 Å². The van der Waals surface area contributed by atoms with E-state index in [9.17, 15) is 14.4 Å². The van der Waals surface area contributed by atoms with Gasteiger partial charge in [-0.3, -0.25) is 9.59 Å². The molecule has 25 heavy (non-hydrogen) atoms. The van der Waals surface area contributed by atoms with Crippen LogP contribution in [0.1, 0.15) is 33.3 Å².